The Morgan fingerprint density at radius 2 is 1.88 bits per heavy atom. The highest BCUT2D eigenvalue weighted by atomic mass is 32.2. The van der Waals surface area contributed by atoms with Crippen molar-refractivity contribution in [3.8, 4) is 29.6 Å². The van der Waals surface area contributed by atoms with Crippen LogP contribution in [0.4, 0.5) is 5.69 Å². The number of terminal acetylenes is 1. The zero-order valence-corrected chi connectivity index (χ0v) is 19.6. The predicted molar refractivity (Wildman–Crippen MR) is 125 cm³/mol. The van der Waals surface area contributed by atoms with Crippen LogP contribution in [0.15, 0.2) is 57.6 Å². The molecule has 1 amide bonds. The van der Waals surface area contributed by atoms with Crippen molar-refractivity contribution in [1.29, 1.82) is 0 Å². The minimum atomic E-state index is -3.84. The van der Waals surface area contributed by atoms with E-state index in [2.05, 4.69) is 11.2 Å². The third-order valence-electron chi connectivity index (χ3n) is 5.32. The molecule has 1 aliphatic heterocycles. The van der Waals surface area contributed by atoms with Gasteiger partial charge in [-0.2, -0.15) is 0 Å². The first-order chi connectivity index (χ1) is 15.9. The van der Waals surface area contributed by atoms with E-state index in [9.17, 15) is 13.2 Å². The van der Waals surface area contributed by atoms with E-state index in [1.54, 1.807) is 29.6 Å². The molecule has 0 unspecified atom stereocenters. The fraction of sp³-hybridized carbons (Fsp3) is 0.208. The summed E-state index contributed by atoms with van der Waals surface area (Å²) in [5.41, 5.74) is 1.13. The van der Waals surface area contributed by atoms with Gasteiger partial charge in [0.1, 0.15) is 17.3 Å². The van der Waals surface area contributed by atoms with Crippen LogP contribution >= 0.6 is 11.3 Å². The fourth-order valence-electron chi connectivity index (χ4n) is 3.69. The Morgan fingerprint density at radius 1 is 1.12 bits per heavy atom. The topological polar surface area (TPSA) is 90.9 Å². The lowest BCUT2D eigenvalue weighted by molar-refractivity contribution is -0.116. The first-order valence-electron chi connectivity index (χ1n) is 9.93. The van der Waals surface area contributed by atoms with Crippen LogP contribution in [0.2, 0.25) is 0 Å². The second-order valence-electron chi connectivity index (χ2n) is 7.23. The van der Waals surface area contributed by atoms with E-state index < -0.39 is 9.84 Å². The normalized spacial score (nSPS) is 15.2. The van der Waals surface area contributed by atoms with E-state index in [0.717, 1.165) is 10.4 Å². The molecule has 0 saturated carbocycles. The molecule has 4 rings (SSSR count). The van der Waals surface area contributed by atoms with Gasteiger partial charge in [0.05, 0.1) is 24.8 Å². The minimum Gasteiger partial charge on any atom is -0.497 e. The highest BCUT2D eigenvalue weighted by Crippen LogP contribution is 2.47. The first-order valence-corrected chi connectivity index (χ1v) is 12.3. The molecular formula is C24H21NO6S2. The summed E-state index contributed by atoms with van der Waals surface area (Å²) in [5, 5.41) is 4.34. The molecule has 2 aromatic carbocycles. The largest absolute Gasteiger partial charge is 0.497 e. The van der Waals surface area contributed by atoms with E-state index in [0.29, 0.717) is 22.9 Å². The molecule has 9 heteroatoms. The summed E-state index contributed by atoms with van der Waals surface area (Å²) < 4.78 is 42.7. The number of amides is 1. The molecule has 2 heterocycles. The summed E-state index contributed by atoms with van der Waals surface area (Å²) in [4.78, 5) is 13.5. The number of benzene rings is 2. The molecule has 7 nitrogen and oxygen atoms in total. The lowest BCUT2D eigenvalue weighted by Crippen LogP contribution is -2.23. The molecule has 1 atom stereocenters. The number of fused-ring (bicyclic) bond motifs is 1. The lowest BCUT2D eigenvalue weighted by atomic mass is 9.90. The number of carbonyl (C=O) groups excluding carboxylic acids is 1. The molecule has 0 bridgehead atoms. The Morgan fingerprint density at radius 3 is 2.55 bits per heavy atom. The van der Waals surface area contributed by atoms with Crippen molar-refractivity contribution in [2.24, 2.45) is 0 Å². The van der Waals surface area contributed by atoms with Gasteiger partial charge in [0, 0.05) is 22.6 Å². The van der Waals surface area contributed by atoms with Gasteiger partial charge in [-0.25, -0.2) is 8.42 Å². The van der Waals surface area contributed by atoms with Gasteiger partial charge in [-0.15, -0.1) is 17.8 Å². The van der Waals surface area contributed by atoms with E-state index >= 15 is 0 Å². The second kappa shape index (κ2) is 9.17. The molecule has 1 aliphatic rings. The maximum Gasteiger partial charge on any atom is 0.225 e. The summed E-state index contributed by atoms with van der Waals surface area (Å²) >= 11 is 1.30. The summed E-state index contributed by atoms with van der Waals surface area (Å²) in [7, 11) is -0.814. The molecule has 170 valence electrons. The van der Waals surface area contributed by atoms with Gasteiger partial charge in [0.15, 0.2) is 11.5 Å². The van der Waals surface area contributed by atoms with Crippen LogP contribution in [0, 0.1) is 12.3 Å². The molecule has 0 saturated heterocycles. The van der Waals surface area contributed by atoms with Crippen LogP contribution in [-0.4, -0.2) is 35.2 Å². The Kier molecular flexibility index (Phi) is 6.31. The minimum absolute atomic E-state index is 0.0756. The Balaban J connectivity index is 1.74. The van der Waals surface area contributed by atoms with Crippen LogP contribution in [0.25, 0.3) is 0 Å². The Hall–Kier alpha value is -3.48. The molecule has 0 fully saturated rings. The van der Waals surface area contributed by atoms with Crippen molar-refractivity contribution in [3.63, 3.8) is 0 Å². The van der Waals surface area contributed by atoms with Crippen LogP contribution in [-0.2, 0) is 14.6 Å². The van der Waals surface area contributed by atoms with Gasteiger partial charge in [0.2, 0.25) is 15.7 Å². The monoisotopic (exact) mass is 483 g/mol. The van der Waals surface area contributed by atoms with Crippen molar-refractivity contribution >= 4 is 32.8 Å². The summed E-state index contributed by atoms with van der Waals surface area (Å²) in [5.74, 6) is 3.36. The number of hydrogen-bond acceptors (Lipinski definition) is 7. The number of thiophene rings is 1. The number of anilines is 1. The smallest absolute Gasteiger partial charge is 0.225 e. The zero-order valence-electron chi connectivity index (χ0n) is 18.0. The van der Waals surface area contributed by atoms with Gasteiger partial charge in [-0.3, -0.25) is 4.79 Å². The lowest BCUT2D eigenvalue weighted by Gasteiger charge is -2.24. The highest BCUT2D eigenvalue weighted by molar-refractivity contribution is 7.91. The van der Waals surface area contributed by atoms with E-state index in [4.69, 9.17) is 20.6 Å². The number of methoxy groups -OCH3 is 2. The maximum atomic E-state index is 13.3. The predicted octanol–water partition coefficient (Wildman–Crippen LogP) is 4.08. The van der Waals surface area contributed by atoms with Crippen LogP contribution in [0.5, 0.6) is 17.2 Å². The summed E-state index contributed by atoms with van der Waals surface area (Å²) in [6.07, 6.45) is 5.45. The number of hydrogen-bond donors (Lipinski definition) is 1. The van der Waals surface area contributed by atoms with E-state index in [-0.39, 0.29) is 34.6 Å². The molecule has 0 aliphatic carbocycles. The average Bonchev–Trinajstić information content (AvgIpc) is 3.26. The van der Waals surface area contributed by atoms with Crippen molar-refractivity contribution < 1.29 is 27.4 Å². The SMILES string of the molecule is C#CCOc1ccc([C@@H]2CC(=O)Nc3c(S(=O)(=O)c4ccc(OC)cc4)csc32)cc1OC. The molecule has 1 aromatic heterocycles. The number of ether oxygens (including phenoxy) is 3. The van der Waals surface area contributed by atoms with Gasteiger partial charge >= 0.3 is 0 Å². The first kappa shape index (κ1) is 22.7. The number of rotatable bonds is 7. The number of carbonyl (C=O) groups is 1. The van der Waals surface area contributed by atoms with Gasteiger partial charge in [-0.1, -0.05) is 12.0 Å². The maximum absolute atomic E-state index is 13.3. The summed E-state index contributed by atoms with van der Waals surface area (Å²) in [6, 6.07) is 11.5. The number of nitrogens with one attached hydrogen (secondary N) is 1. The third-order valence-corrected chi connectivity index (χ3v) is 8.36. The van der Waals surface area contributed by atoms with Gasteiger partial charge in [0.25, 0.3) is 0 Å². The van der Waals surface area contributed by atoms with E-state index in [1.807, 2.05) is 6.07 Å². The highest BCUT2D eigenvalue weighted by Gasteiger charge is 2.34. The molecule has 0 radical (unpaired) electrons. The van der Waals surface area contributed by atoms with Gasteiger partial charge in [-0.05, 0) is 42.0 Å². The third kappa shape index (κ3) is 4.27. The second-order valence-corrected chi connectivity index (χ2v) is 10.1. The fourth-order valence-corrected chi connectivity index (χ4v) is 6.60. The Bertz CT molecular complexity index is 1340. The van der Waals surface area contributed by atoms with E-state index in [1.165, 1.54) is 37.7 Å². The van der Waals surface area contributed by atoms with Gasteiger partial charge < -0.3 is 19.5 Å². The zero-order chi connectivity index (χ0) is 23.6. The van der Waals surface area contributed by atoms with Crippen molar-refractivity contribution in [2.75, 3.05) is 26.1 Å². The Labute approximate surface area is 196 Å². The van der Waals surface area contributed by atoms with Crippen molar-refractivity contribution in [2.45, 2.75) is 22.1 Å². The van der Waals surface area contributed by atoms with Crippen LogP contribution in [0.1, 0.15) is 22.8 Å². The van der Waals surface area contributed by atoms with Crippen LogP contribution < -0.4 is 19.5 Å². The van der Waals surface area contributed by atoms with Crippen molar-refractivity contribution in [1.82, 2.24) is 0 Å². The number of sulfone groups is 1. The molecule has 0 spiro atoms. The summed E-state index contributed by atoms with van der Waals surface area (Å²) in [6.45, 7) is 0.100. The average molecular weight is 484 g/mol. The quantitative estimate of drug-likeness (QED) is 0.509. The van der Waals surface area contributed by atoms with Crippen LogP contribution in [0.3, 0.4) is 0 Å². The molecule has 3 aromatic rings. The molecule has 33 heavy (non-hydrogen) atoms. The van der Waals surface area contributed by atoms with Crippen molar-refractivity contribution in [3.05, 3.63) is 58.3 Å². The standard InChI is InChI=1S/C24H21NO6S2/c1-4-11-31-19-10-5-15(12-20(19)30-3)18-13-22(26)25-23-21(14-32-24(18)23)33(27,28)17-8-6-16(29-2)7-9-17/h1,5-10,12,14,18H,11,13H2,2-3H3,(H,25,26)/t18-/m0/s1. The molecule has 1 N–H and O–H groups in total. The molecular weight excluding hydrogens is 462 g/mol.